The number of aliphatic hydroxyl groups excluding tert-OH is 1. The highest BCUT2D eigenvalue weighted by molar-refractivity contribution is 9.10. The lowest BCUT2D eigenvalue weighted by Crippen LogP contribution is -2.25. The fraction of sp³-hybridized carbons (Fsp3) is 0.692. The maximum absolute atomic E-state index is 12.0. The molecule has 1 atom stereocenters. The van der Waals surface area contributed by atoms with E-state index in [4.69, 9.17) is 4.74 Å². The van der Waals surface area contributed by atoms with Crippen molar-refractivity contribution in [3.05, 3.63) is 21.0 Å². The molecule has 1 aromatic rings. The van der Waals surface area contributed by atoms with E-state index in [1.165, 1.54) is 4.68 Å². The fourth-order valence-corrected chi connectivity index (χ4v) is 2.15. The van der Waals surface area contributed by atoms with E-state index in [0.717, 1.165) is 12.8 Å². The summed E-state index contributed by atoms with van der Waals surface area (Å²) >= 11 is 3.30. The van der Waals surface area contributed by atoms with Crippen molar-refractivity contribution >= 4 is 21.6 Å². The van der Waals surface area contributed by atoms with Crippen molar-refractivity contribution in [3.8, 4) is 0 Å². The van der Waals surface area contributed by atoms with E-state index >= 15 is 0 Å². The van der Waals surface area contributed by atoms with Gasteiger partial charge in [0.25, 0.3) is 5.56 Å². The van der Waals surface area contributed by atoms with E-state index in [0.29, 0.717) is 36.3 Å². The molecule has 1 aromatic heterocycles. The normalized spacial score (nSPS) is 12.4. The zero-order valence-electron chi connectivity index (χ0n) is 11.9. The fourth-order valence-electron chi connectivity index (χ4n) is 1.70. The van der Waals surface area contributed by atoms with E-state index in [1.807, 2.05) is 0 Å². The smallest absolute Gasteiger partial charge is 0.283 e. The highest BCUT2D eigenvalue weighted by Crippen LogP contribution is 2.16. The number of halogens is 1. The van der Waals surface area contributed by atoms with Gasteiger partial charge in [-0.25, -0.2) is 4.68 Å². The second-order valence-corrected chi connectivity index (χ2v) is 5.37. The van der Waals surface area contributed by atoms with E-state index < -0.39 is 6.10 Å². The minimum atomic E-state index is -0.510. The van der Waals surface area contributed by atoms with Crippen LogP contribution >= 0.6 is 15.9 Å². The van der Waals surface area contributed by atoms with Crippen molar-refractivity contribution in [2.75, 3.05) is 25.6 Å². The maximum atomic E-state index is 12.0. The van der Waals surface area contributed by atoms with Gasteiger partial charge in [-0.05, 0) is 28.8 Å². The lowest BCUT2D eigenvalue weighted by Gasteiger charge is -2.12. The highest BCUT2D eigenvalue weighted by Gasteiger charge is 2.09. The molecule has 0 radical (unpaired) electrons. The number of unbranched alkanes of at least 4 members (excludes halogenated alkanes) is 1. The Morgan fingerprint density at radius 1 is 1.60 bits per heavy atom. The van der Waals surface area contributed by atoms with E-state index in [2.05, 4.69) is 33.3 Å². The molecule has 1 unspecified atom stereocenters. The van der Waals surface area contributed by atoms with Gasteiger partial charge in [0.2, 0.25) is 0 Å². The number of aromatic nitrogens is 2. The number of aliphatic hydroxyl groups is 1. The molecule has 0 fully saturated rings. The van der Waals surface area contributed by atoms with Crippen LogP contribution in [-0.4, -0.2) is 41.3 Å². The molecule has 0 saturated heterocycles. The van der Waals surface area contributed by atoms with Crippen LogP contribution in [0.5, 0.6) is 0 Å². The molecule has 0 amide bonds. The van der Waals surface area contributed by atoms with Gasteiger partial charge in [-0.1, -0.05) is 13.3 Å². The average Bonchev–Trinajstić information content (AvgIpc) is 2.43. The summed E-state index contributed by atoms with van der Waals surface area (Å²) in [6, 6.07) is 0. The van der Waals surface area contributed by atoms with Gasteiger partial charge in [-0.2, -0.15) is 5.10 Å². The Morgan fingerprint density at radius 3 is 3.00 bits per heavy atom. The number of anilines is 1. The molecule has 114 valence electrons. The van der Waals surface area contributed by atoms with Crippen LogP contribution in [0.15, 0.2) is 15.5 Å². The SMILES string of the molecule is CCCCn1ncc(NCCC(O)COC)c(Br)c1=O. The van der Waals surface area contributed by atoms with Gasteiger partial charge in [-0.3, -0.25) is 4.79 Å². The van der Waals surface area contributed by atoms with Crippen LogP contribution in [-0.2, 0) is 11.3 Å². The van der Waals surface area contributed by atoms with Crippen LogP contribution in [0.1, 0.15) is 26.2 Å². The maximum Gasteiger partial charge on any atom is 0.283 e. The molecule has 2 N–H and O–H groups in total. The van der Waals surface area contributed by atoms with Crippen molar-refractivity contribution in [1.82, 2.24) is 9.78 Å². The van der Waals surface area contributed by atoms with Crippen LogP contribution in [0.25, 0.3) is 0 Å². The van der Waals surface area contributed by atoms with Gasteiger partial charge < -0.3 is 15.2 Å². The highest BCUT2D eigenvalue weighted by atomic mass is 79.9. The molecule has 6 nitrogen and oxygen atoms in total. The van der Waals surface area contributed by atoms with Gasteiger partial charge in [0.05, 0.1) is 24.6 Å². The number of aryl methyl sites for hydroxylation is 1. The Bertz CT molecular complexity index is 465. The molecule has 0 bridgehead atoms. The summed E-state index contributed by atoms with van der Waals surface area (Å²) in [5.41, 5.74) is 0.508. The third-order valence-electron chi connectivity index (χ3n) is 2.86. The molecule has 0 aliphatic heterocycles. The first kappa shape index (κ1) is 17.1. The Morgan fingerprint density at radius 2 is 2.35 bits per heavy atom. The summed E-state index contributed by atoms with van der Waals surface area (Å²) in [6.45, 7) is 3.55. The number of nitrogens with zero attached hydrogens (tertiary/aromatic N) is 2. The lowest BCUT2D eigenvalue weighted by molar-refractivity contribution is 0.0615. The van der Waals surface area contributed by atoms with Gasteiger partial charge in [0, 0.05) is 20.2 Å². The molecular weight excluding hydrogens is 326 g/mol. The van der Waals surface area contributed by atoms with Gasteiger partial charge in [-0.15, -0.1) is 0 Å². The monoisotopic (exact) mass is 347 g/mol. The first-order chi connectivity index (χ1) is 9.60. The predicted molar refractivity (Wildman–Crippen MR) is 82.1 cm³/mol. The van der Waals surface area contributed by atoms with Crippen molar-refractivity contribution in [2.24, 2.45) is 0 Å². The van der Waals surface area contributed by atoms with Gasteiger partial charge in [0.15, 0.2) is 0 Å². The third kappa shape index (κ3) is 5.22. The number of hydrogen-bond donors (Lipinski definition) is 2. The van der Waals surface area contributed by atoms with Gasteiger partial charge in [0.1, 0.15) is 4.47 Å². The molecule has 0 spiro atoms. The molecule has 7 heteroatoms. The molecule has 0 aliphatic rings. The molecule has 0 aliphatic carbocycles. The first-order valence-electron chi connectivity index (χ1n) is 6.76. The summed E-state index contributed by atoms with van der Waals surface area (Å²) in [5, 5.41) is 16.8. The Balaban J connectivity index is 2.59. The van der Waals surface area contributed by atoms with Crippen molar-refractivity contribution in [2.45, 2.75) is 38.8 Å². The zero-order valence-corrected chi connectivity index (χ0v) is 13.5. The molecule has 1 heterocycles. The summed E-state index contributed by atoms with van der Waals surface area (Å²) < 4.78 is 6.78. The molecule has 0 saturated carbocycles. The topological polar surface area (TPSA) is 76.4 Å². The molecule has 20 heavy (non-hydrogen) atoms. The number of ether oxygens (including phenoxy) is 1. The van der Waals surface area contributed by atoms with Crippen LogP contribution in [0.3, 0.4) is 0 Å². The third-order valence-corrected chi connectivity index (χ3v) is 3.63. The Labute approximate surface area is 127 Å². The zero-order chi connectivity index (χ0) is 15.0. The molecular formula is C13H22BrN3O3. The standard InChI is InChI=1S/C13H22BrN3O3/c1-3-4-7-17-13(19)12(14)11(8-16-17)15-6-5-10(18)9-20-2/h8,10,15,18H,3-7,9H2,1-2H3. The Kier molecular flexibility index (Phi) is 7.79. The number of hydrogen-bond acceptors (Lipinski definition) is 5. The van der Waals surface area contributed by atoms with Crippen LogP contribution < -0.4 is 10.9 Å². The number of nitrogens with one attached hydrogen (secondary N) is 1. The average molecular weight is 348 g/mol. The predicted octanol–water partition coefficient (Wildman–Crippen LogP) is 1.62. The van der Waals surface area contributed by atoms with Crippen molar-refractivity contribution < 1.29 is 9.84 Å². The first-order valence-corrected chi connectivity index (χ1v) is 7.56. The van der Waals surface area contributed by atoms with Crippen LogP contribution in [0, 0.1) is 0 Å². The minimum Gasteiger partial charge on any atom is -0.391 e. The van der Waals surface area contributed by atoms with Crippen LogP contribution in [0.4, 0.5) is 5.69 Å². The number of methoxy groups -OCH3 is 1. The van der Waals surface area contributed by atoms with Crippen molar-refractivity contribution in [1.29, 1.82) is 0 Å². The molecule has 0 aromatic carbocycles. The second kappa shape index (κ2) is 9.10. The largest absolute Gasteiger partial charge is 0.391 e. The molecule has 1 rings (SSSR count). The van der Waals surface area contributed by atoms with E-state index in [1.54, 1.807) is 13.3 Å². The van der Waals surface area contributed by atoms with E-state index in [-0.39, 0.29) is 5.56 Å². The van der Waals surface area contributed by atoms with Crippen molar-refractivity contribution in [3.63, 3.8) is 0 Å². The van der Waals surface area contributed by atoms with Crippen LogP contribution in [0.2, 0.25) is 0 Å². The lowest BCUT2D eigenvalue weighted by atomic mass is 10.2. The second-order valence-electron chi connectivity index (χ2n) is 4.58. The quantitative estimate of drug-likeness (QED) is 0.709. The summed E-state index contributed by atoms with van der Waals surface area (Å²) in [5.74, 6) is 0. The minimum absolute atomic E-state index is 0.138. The number of rotatable bonds is 9. The summed E-state index contributed by atoms with van der Waals surface area (Å²) in [6.07, 6.45) is 3.60. The summed E-state index contributed by atoms with van der Waals surface area (Å²) in [7, 11) is 1.55. The van der Waals surface area contributed by atoms with Gasteiger partial charge >= 0.3 is 0 Å². The Hall–Kier alpha value is -0.920. The van der Waals surface area contributed by atoms with E-state index in [9.17, 15) is 9.90 Å². The summed E-state index contributed by atoms with van der Waals surface area (Å²) in [4.78, 5) is 12.0.